The number of hydrogen-bond donors (Lipinski definition) is 1. The molecule has 0 unspecified atom stereocenters. The minimum absolute atomic E-state index is 0.244. The average molecular weight is 406 g/mol. The second-order valence-electron chi connectivity index (χ2n) is 6.88. The van der Waals surface area contributed by atoms with Crippen LogP contribution in [-0.2, 0) is 0 Å². The molecule has 5 nitrogen and oxygen atoms in total. The molecule has 0 spiro atoms. The molecule has 4 rings (SSSR count). The summed E-state index contributed by atoms with van der Waals surface area (Å²) in [6.45, 7) is 4.30. The van der Waals surface area contributed by atoms with E-state index >= 15 is 0 Å². The van der Waals surface area contributed by atoms with Crippen LogP contribution in [0.4, 0.5) is 4.39 Å². The number of rotatable bonds is 5. The van der Waals surface area contributed by atoms with E-state index in [0.717, 1.165) is 27.7 Å². The van der Waals surface area contributed by atoms with Gasteiger partial charge in [-0.1, -0.05) is 30.3 Å². The van der Waals surface area contributed by atoms with E-state index in [1.165, 1.54) is 23.1 Å². The van der Waals surface area contributed by atoms with Crippen LogP contribution >= 0.6 is 12.2 Å². The molecule has 2 aromatic heterocycles. The molecule has 0 aliphatic rings. The van der Waals surface area contributed by atoms with Crippen molar-refractivity contribution in [1.82, 2.24) is 19.4 Å². The van der Waals surface area contributed by atoms with E-state index in [4.69, 9.17) is 12.2 Å². The van der Waals surface area contributed by atoms with E-state index in [1.807, 2.05) is 36.4 Å². The molecule has 29 heavy (non-hydrogen) atoms. The Morgan fingerprint density at radius 2 is 1.90 bits per heavy atom. The molecular weight excluding hydrogens is 385 g/mol. The third kappa shape index (κ3) is 3.69. The lowest BCUT2D eigenvalue weighted by atomic mass is 10.0. The number of halogens is 1. The van der Waals surface area contributed by atoms with Crippen molar-refractivity contribution < 1.29 is 4.39 Å². The standard InChI is InChI=1S/C22H20FN5S/c1-15(2)28-19-7-4-3-6-18(19)21(16-9-11-17(23)12-10-16)20(28)8-5-13-25-27-14-24-26-22(27)29/h3-15H,1-2H3,(H,26,29)/b8-5+,25-13+. The van der Waals surface area contributed by atoms with Crippen LogP contribution in [0.1, 0.15) is 25.6 Å². The third-order valence-electron chi connectivity index (χ3n) is 4.66. The fourth-order valence-corrected chi connectivity index (χ4v) is 3.64. The van der Waals surface area contributed by atoms with Gasteiger partial charge in [-0.3, -0.25) is 5.10 Å². The lowest BCUT2D eigenvalue weighted by molar-refractivity contribution is 0.619. The molecule has 2 heterocycles. The number of aromatic amines is 1. The molecule has 0 fully saturated rings. The van der Waals surface area contributed by atoms with E-state index < -0.39 is 0 Å². The van der Waals surface area contributed by atoms with E-state index in [-0.39, 0.29) is 11.9 Å². The Balaban J connectivity index is 1.87. The van der Waals surface area contributed by atoms with Gasteiger partial charge in [0.15, 0.2) is 0 Å². The van der Waals surface area contributed by atoms with Crippen LogP contribution in [0.2, 0.25) is 0 Å². The van der Waals surface area contributed by atoms with E-state index in [1.54, 1.807) is 6.21 Å². The molecule has 0 aliphatic carbocycles. The van der Waals surface area contributed by atoms with Gasteiger partial charge in [0, 0.05) is 34.4 Å². The Morgan fingerprint density at radius 3 is 2.59 bits per heavy atom. The minimum atomic E-state index is -0.248. The molecule has 0 bridgehead atoms. The number of benzene rings is 2. The van der Waals surface area contributed by atoms with Gasteiger partial charge in [0.2, 0.25) is 4.77 Å². The number of allylic oxidation sites excluding steroid dienone is 1. The van der Waals surface area contributed by atoms with Gasteiger partial charge in [-0.05, 0) is 62.0 Å². The van der Waals surface area contributed by atoms with Gasteiger partial charge in [-0.2, -0.15) is 14.9 Å². The van der Waals surface area contributed by atoms with E-state index in [2.05, 4.69) is 45.8 Å². The minimum Gasteiger partial charge on any atom is -0.338 e. The zero-order valence-electron chi connectivity index (χ0n) is 16.1. The maximum atomic E-state index is 13.5. The van der Waals surface area contributed by atoms with Gasteiger partial charge in [-0.15, -0.1) is 0 Å². The first-order valence-electron chi connectivity index (χ1n) is 9.28. The van der Waals surface area contributed by atoms with Crippen molar-refractivity contribution in [2.24, 2.45) is 5.10 Å². The fourth-order valence-electron chi connectivity index (χ4n) is 3.49. The molecule has 0 aliphatic heterocycles. The van der Waals surface area contributed by atoms with Crippen LogP contribution in [0.15, 0.2) is 66.0 Å². The Hall–Kier alpha value is -3.32. The lowest BCUT2D eigenvalue weighted by Gasteiger charge is -2.13. The first kappa shape index (κ1) is 19.0. The summed E-state index contributed by atoms with van der Waals surface area (Å²) in [5, 5.41) is 11.9. The van der Waals surface area contributed by atoms with Crippen LogP contribution in [-0.4, -0.2) is 25.7 Å². The Kier molecular flexibility index (Phi) is 5.22. The number of para-hydroxylation sites is 1. The summed E-state index contributed by atoms with van der Waals surface area (Å²) >= 11 is 5.09. The predicted octanol–water partition coefficient (Wildman–Crippen LogP) is 5.83. The van der Waals surface area contributed by atoms with Crippen LogP contribution in [0.5, 0.6) is 0 Å². The number of H-pyrrole nitrogens is 1. The maximum Gasteiger partial charge on any atom is 0.216 e. The van der Waals surface area contributed by atoms with Gasteiger partial charge >= 0.3 is 0 Å². The predicted molar refractivity (Wildman–Crippen MR) is 118 cm³/mol. The molecule has 0 amide bonds. The average Bonchev–Trinajstić information content (AvgIpc) is 3.26. The third-order valence-corrected chi connectivity index (χ3v) is 4.94. The van der Waals surface area contributed by atoms with Crippen molar-refractivity contribution >= 4 is 35.4 Å². The van der Waals surface area contributed by atoms with Crippen molar-refractivity contribution in [2.45, 2.75) is 19.9 Å². The van der Waals surface area contributed by atoms with Crippen LogP contribution in [0, 0.1) is 10.6 Å². The summed E-state index contributed by atoms with van der Waals surface area (Å²) in [7, 11) is 0. The normalized spacial score (nSPS) is 12.1. The summed E-state index contributed by atoms with van der Waals surface area (Å²) in [5.74, 6) is -0.248. The van der Waals surface area contributed by atoms with E-state index in [0.29, 0.717) is 4.77 Å². The molecule has 146 valence electrons. The van der Waals surface area contributed by atoms with Gasteiger partial charge in [-0.25, -0.2) is 4.39 Å². The monoisotopic (exact) mass is 405 g/mol. The SMILES string of the molecule is CC(C)n1c(/C=C/C=N/n2cn[nH]c2=S)c(-c2ccc(F)cc2)c2ccccc21. The highest BCUT2D eigenvalue weighted by molar-refractivity contribution is 7.71. The van der Waals surface area contributed by atoms with Crippen molar-refractivity contribution in [3.63, 3.8) is 0 Å². The van der Waals surface area contributed by atoms with Crippen molar-refractivity contribution in [3.8, 4) is 11.1 Å². The lowest BCUT2D eigenvalue weighted by Crippen LogP contribution is -2.03. The zero-order valence-corrected chi connectivity index (χ0v) is 16.9. The smallest absolute Gasteiger partial charge is 0.216 e. The van der Waals surface area contributed by atoms with Crippen LogP contribution < -0.4 is 0 Å². The fraction of sp³-hybridized carbons (Fsp3) is 0.136. The Bertz CT molecular complexity index is 1260. The van der Waals surface area contributed by atoms with Crippen molar-refractivity contribution in [3.05, 3.63) is 77.2 Å². The number of aromatic nitrogens is 4. The van der Waals surface area contributed by atoms with Crippen LogP contribution in [0.3, 0.4) is 0 Å². The molecule has 2 aromatic carbocycles. The second kappa shape index (κ2) is 7.97. The highest BCUT2D eigenvalue weighted by Gasteiger charge is 2.18. The highest BCUT2D eigenvalue weighted by atomic mass is 32.1. The van der Waals surface area contributed by atoms with E-state index in [9.17, 15) is 4.39 Å². The largest absolute Gasteiger partial charge is 0.338 e. The molecule has 4 aromatic rings. The molecule has 0 saturated heterocycles. The zero-order chi connectivity index (χ0) is 20.4. The van der Waals surface area contributed by atoms with Crippen LogP contribution in [0.25, 0.3) is 28.1 Å². The first-order chi connectivity index (χ1) is 14.1. The summed E-state index contributed by atoms with van der Waals surface area (Å²) in [6.07, 6.45) is 7.07. The van der Waals surface area contributed by atoms with Gasteiger partial charge in [0.1, 0.15) is 12.1 Å². The van der Waals surface area contributed by atoms with Crippen molar-refractivity contribution in [1.29, 1.82) is 0 Å². The first-order valence-corrected chi connectivity index (χ1v) is 9.69. The maximum absolute atomic E-state index is 13.5. The van der Waals surface area contributed by atoms with Gasteiger partial charge < -0.3 is 4.57 Å². The quantitative estimate of drug-likeness (QED) is 0.335. The van der Waals surface area contributed by atoms with Crippen molar-refractivity contribution in [2.75, 3.05) is 0 Å². The second-order valence-corrected chi connectivity index (χ2v) is 7.26. The topological polar surface area (TPSA) is 50.9 Å². The molecule has 0 atom stereocenters. The molecule has 7 heteroatoms. The highest BCUT2D eigenvalue weighted by Crippen LogP contribution is 2.37. The number of nitrogens with zero attached hydrogens (tertiary/aromatic N) is 4. The number of fused-ring (bicyclic) bond motifs is 1. The summed E-state index contributed by atoms with van der Waals surface area (Å²) in [5.41, 5.74) is 4.21. The molecular formula is C22H20FN5S. The summed E-state index contributed by atoms with van der Waals surface area (Å²) in [4.78, 5) is 0. The summed E-state index contributed by atoms with van der Waals surface area (Å²) in [6, 6.07) is 15.1. The molecule has 0 saturated carbocycles. The number of hydrogen-bond acceptors (Lipinski definition) is 3. The Morgan fingerprint density at radius 1 is 1.14 bits per heavy atom. The van der Waals surface area contributed by atoms with Gasteiger partial charge in [0.05, 0.1) is 0 Å². The Labute approximate surface area is 172 Å². The summed E-state index contributed by atoms with van der Waals surface area (Å²) < 4.78 is 17.7. The molecule has 0 radical (unpaired) electrons. The van der Waals surface area contributed by atoms with Gasteiger partial charge in [0.25, 0.3) is 0 Å². The molecule has 1 N–H and O–H groups in total. The number of nitrogens with one attached hydrogen (secondary N) is 1.